The highest BCUT2D eigenvalue weighted by Crippen LogP contribution is 2.29. The van der Waals surface area contributed by atoms with Gasteiger partial charge in [-0.3, -0.25) is 4.98 Å². The van der Waals surface area contributed by atoms with Gasteiger partial charge in [0.05, 0.1) is 0 Å². The van der Waals surface area contributed by atoms with Gasteiger partial charge in [0.1, 0.15) is 17.1 Å². The molecule has 0 aliphatic carbocycles. The number of alkyl halides is 5. The fourth-order valence-corrected chi connectivity index (χ4v) is 2.05. The molecule has 0 saturated carbocycles. The van der Waals surface area contributed by atoms with Crippen molar-refractivity contribution in [2.24, 2.45) is 0 Å². The highest BCUT2D eigenvalue weighted by molar-refractivity contribution is 5.58. The molecule has 7 nitrogen and oxygen atoms in total. The molecule has 0 saturated heterocycles. The first-order valence-electron chi connectivity index (χ1n) is 7.29. The summed E-state index contributed by atoms with van der Waals surface area (Å²) in [6.45, 7) is 0. The molecule has 0 spiro atoms. The number of nitrogen functional groups attached to an aromatic ring is 1. The molecular formula is C15H10F5N7. The third kappa shape index (κ3) is 4.40. The van der Waals surface area contributed by atoms with Crippen molar-refractivity contribution in [2.75, 3.05) is 11.1 Å². The van der Waals surface area contributed by atoms with Gasteiger partial charge in [0, 0.05) is 11.9 Å². The van der Waals surface area contributed by atoms with Crippen LogP contribution in [0.4, 0.5) is 39.5 Å². The molecular weight excluding hydrogens is 373 g/mol. The van der Waals surface area contributed by atoms with Crippen LogP contribution in [0.1, 0.15) is 17.8 Å². The van der Waals surface area contributed by atoms with Gasteiger partial charge in [-0.2, -0.15) is 28.1 Å². The minimum atomic E-state index is -4.64. The van der Waals surface area contributed by atoms with E-state index in [0.717, 1.165) is 24.4 Å². The van der Waals surface area contributed by atoms with Crippen LogP contribution in [-0.4, -0.2) is 24.9 Å². The first kappa shape index (κ1) is 18.4. The molecule has 0 aliphatic heterocycles. The topological polar surface area (TPSA) is 102 Å². The van der Waals surface area contributed by atoms with Gasteiger partial charge in [0.15, 0.2) is 5.82 Å². The Morgan fingerprint density at radius 2 is 1.78 bits per heavy atom. The smallest absolute Gasteiger partial charge is 0.368 e. The minimum absolute atomic E-state index is 0.150. The lowest BCUT2D eigenvalue weighted by Crippen LogP contribution is -2.10. The van der Waals surface area contributed by atoms with Crippen LogP contribution in [0.5, 0.6) is 0 Å². The number of halogens is 5. The van der Waals surface area contributed by atoms with Gasteiger partial charge in [-0.25, -0.2) is 13.8 Å². The molecule has 0 aromatic carbocycles. The Morgan fingerprint density at radius 1 is 1.00 bits per heavy atom. The van der Waals surface area contributed by atoms with Crippen LogP contribution in [0.2, 0.25) is 0 Å². The first-order chi connectivity index (χ1) is 12.7. The van der Waals surface area contributed by atoms with Gasteiger partial charge in [-0.1, -0.05) is 6.07 Å². The molecule has 140 valence electrons. The number of aromatic nitrogens is 5. The number of pyridine rings is 2. The van der Waals surface area contributed by atoms with E-state index in [1.165, 1.54) is 12.1 Å². The number of nitrogens with two attached hydrogens (primary N) is 1. The van der Waals surface area contributed by atoms with Crippen molar-refractivity contribution in [3.05, 3.63) is 47.9 Å². The third-order valence-electron chi connectivity index (χ3n) is 3.18. The van der Waals surface area contributed by atoms with Crippen molar-refractivity contribution in [3.8, 4) is 11.5 Å². The largest absolute Gasteiger partial charge is 0.433 e. The first-order valence-corrected chi connectivity index (χ1v) is 7.29. The maximum absolute atomic E-state index is 12.8. The van der Waals surface area contributed by atoms with Crippen LogP contribution in [0, 0.1) is 0 Å². The third-order valence-corrected chi connectivity index (χ3v) is 3.18. The summed E-state index contributed by atoms with van der Waals surface area (Å²) < 4.78 is 63.9. The normalized spacial score (nSPS) is 11.6. The van der Waals surface area contributed by atoms with Gasteiger partial charge < -0.3 is 11.1 Å². The van der Waals surface area contributed by atoms with E-state index in [9.17, 15) is 22.0 Å². The van der Waals surface area contributed by atoms with Crippen molar-refractivity contribution in [1.82, 2.24) is 24.9 Å². The molecule has 3 aromatic heterocycles. The lowest BCUT2D eigenvalue weighted by Gasteiger charge is -2.09. The Kier molecular flexibility index (Phi) is 4.79. The number of anilines is 3. The molecule has 0 atom stereocenters. The van der Waals surface area contributed by atoms with Crippen LogP contribution < -0.4 is 11.1 Å². The lowest BCUT2D eigenvalue weighted by molar-refractivity contribution is -0.141. The summed E-state index contributed by atoms with van der Waals surface area (Å²) in [5.74, 6) is -0.646. The SMILES string of the molecule is Nc1nc(Nc2ccnc(C(F)F)c2)nc(-c2cccc(C(F)(F)F)n2)n1. The zero-order valence-corrected chi connectivity index (χ0v) is 13.2. The Balaban J connectivity index is 1.95. The molecule has 3 heterocycles. The number of hydrogen-bond donors (Lipinski definition) is 2. The fraction of sp³-hybridized carbons (Fsp3) is 0.133. The summed E-state index contributed by atoms with van der Waals surface area (Å²) in [5, 5.41) is 2.63. The van der Waals surface area contributed by atoms with Gasteiger partial charge >= 0.3 is 6.18 Å². The number of hydrogen-bond acceptors (Lipinski definition) is 7. The highest BCUT2D eigenvalue weighted by atomic mass is 19.4. The lowest BCUT2D eigenvalue weighted by atomic mass is 10.3. The highest BCUT2D eigenvalue weighted by Gasteiger charge is 2.32. The summed E-state index contributed by atoms with van der Waals surface area (Å²) in [5.41, 5.74) is 3.99. The fourth-order valence-electron chi connectivity index (χ4n) is 2.05. The monoisotopic (exact) mass is 383 g/mol. The standard InChI is InChI=1S/C15H10F5N7/c16-11(17)9-6-7(4-5-22-9)23-14-26-12(25-13(21)27-14)8-2-1-3-10(24-8)15(18,19)20/h1-6,11H,(H3,21,22,23,25,26,27). The number of rotatable bonds is 4. The maximum Gasteiger partial charge on any atom is 0.433 e. The molecule has 12 heteroatoms. The number of nitrogens with zero attached hydrogens (tertiary/aromatic N) is 5. The van der Waals surface area contributed by atoms with E-state index < -0.39 is 24.0 Å². The average molecular weight is 383 g/mol. The molecule has 0 bridgehead atoms. The Bertz CT molecular complexity index is 961. The van der Waals surface area contributed by atoms with Crippen LogP contribution in [0.25, 0.3) is 11.5 Å². The van der Waals surface area contributed by atoms with Gasteiger partial charge in [-0.05, 0) is 24.3 Å². The van der Waals surface area contributed by atoms with Gasteiger partial charge in [0.2, 0.25) is 11.9 Å². The molecule has 0 amide bonds. The summed E-state index contributed by atoms with van der Waals surface area (Å²) >= 11 is 0. The predicted octanol–water partition coefficient (Wildman–Crippen LogP) is 3.61. The van der Waals surface area contributed by atoms with Gasteiger partial charge in [0.25, 0.3) is 6.43 Å². The second kappa shape index (κ2) is 7.05. The van der Waals surface area contributed by atoms with Crippen molar-refractivity contribution in [3.63, 3.8) is 0 Å². The average Bonchev–Trinajstić information content (AvgIpc) is 2.61. The zero-order chi connectivity index (χ0) is 19.6. The minimum Gasteiger partial charge on any atom is -0.368 e. The quantitative estimate of drug-likeness (QED) is 0.664. The summed E-state index contributed by atoms with van der Waals surface area (Å²) in [4.78, 5) is 18.5. The van der Waals surface area contributed by atoms with Crippen LogP contribution >= 0.6 is 0 Å². The zero-order valence-electron chi connectivity index (χ0n) is 13.2. The van der Waals surface area contributed by atoms with E-state index in [0.29, 0.717) is 0 Å². The van der Waals surface area contributed by atoms with E-state index in [-0.39, 0.29) is 29.1 Å². The van der Waals surface area contributed by atoms with E-state index in [1.54, 1.807) is 0 Å². The molecule has 27 heavy (non-hydrogen) atoms. The second-order valence-electron chi connectivity index (χ2n) is 5.14. The predicted molar refractivity (Wildman–Crippen MR) is 84.9 cm³/mol. The Hall–Kier alpha value is -3.44. The van der Waals surface area contributed by atoms with Crippen LogP contribution in [-0.2, 0) is 6.18 Å². The Morgan fingerprint density at radius 3 is 2.48 bits per heavy atom. The summed E-state index contributed by atoms with van der Waals surface area (Å²) in [6, 6.07) is 5.68. The van der Waals surface area contributed by atoms with Crippen LogP contribution in [0.3, 0.4) is 0 Å². The molecule has 3 rings (SSSR count). The molecule has 0 aliphatic rings. The molecule has 3 aromatic rings. The van der Waals surface area contributed by atoms with Crippen molar-refractivity contribution in [1.29, 1.82) is 0 Å². The Labute approximate surface area is 148 Å². The van der Waals surface area contributed by atoms with Crippen molar-refractivity contribution < 1.29 is 22.0 Å². The molecule has 0 unspecified atom stereocenters. The van der Waals surface area contributed by atoms with Crippen LogP contribution in [0.15, 0.2) is 36.5 Å². The van der Waals surface area contributed by atoms with E-state index >= 15 is 0 Å². The molecule has 0 radical (unpaired) electrons. The molecule has 3 N–H and O–H groups in total. The molecule has 0 fully saturated rings. The summed E-state index contributed by atoms with van der Waals surface area (Å²) in [6.07, 6.45) is -6.26. The second-order valence-corrected chi connectivity index (χ2v) is 5.14. The maximum atomic E-state index is 12.8. The van der Waals surface area contributed by atoms with Crippen molar-refractivity contribution in [2.45, 2.75) is 12.6 Å². The van der Waals surface area contributed by atoms with E-state index in [2.05, 4.69) is 30.2 Å². The van der Waals surface area contributed by atoms with Crippen molar-refractivity contribution >= 4 is 17.6 Å². The van der Waals surface area contributed by atoms with E-state index in [1.807, 2.05) is 0 Å². The number of nitrogens with one attached hydrogen (secondary N) is 1. The van der Waals surface area contributed by atoms with E-state index in [4.69, 9.17) is 5.73 Å². The van der Waals surface area contributed by atoms with Gasteiger partial charge in [-0.15, -0.1) is 0 Å². The summed E-state index contributed by atoms with van der Waals surface area (Å²) in [7, 11) is 0.